The number of benzene rings is 1. The maximum Gasteiger partial charge on any atom is 0.0529 e. The zero-order valence-corrected chi connectivity index (χ0v) is 11.7. The Morgan fingerprint density at radius 2 is 1.84 bits per heavy atom. The maximum absolute atomic E-state index is 5.91. The Bertz CT molecular complexity index is 542. The minimum atomic E-state index is 0.560. The highest BCUT2D eigenvalue weighted by molar-refractivity contribution is 6.30. The smallest absolute Gasteiger partial charge is 0.0529 e. The Balaban J connectivity index is 1.55. The number of nitrogens with one attached hydrogen (secondary N) is 1. The summed E-state index contributed by atoms with van der Waals surface area (Å²) in [5.74, 6) is 0.660. The van der Waals surface area contributed by atoms with E-state index in [2.05, 4.69) is 28.5 Å². The number of aryl methyl sites for hydroxylation is 1. The van der Waals surface area contributed by atoms with E-state index in [4.69, 9.17) is 11.6 Å². The first kappa shape index (κ1) is 12.5. The van der Waals surface area contributed by atoms with Crippen LogP contribution >= 0.6 is 11.6 Å². The third-order valence-electron chi connectivity index (χ3n) is 3.76. The molecule has 1 aromatic carbocycles. The monoisotopic (exact) mass is 272 g/mol. The van der Waals surface area contributed by atoms with Gasteiger partial charge in [0.2, 0.25) is 0 Å². The van der Waals surface area contributed by atoms with Crippen molar-refractivity contribution < 1.29 is 0 Å². The average molecular weight is 273 g/mol. The van der Waals surface area contributed by atoms with Gasteiger partial charge in [-0.3, -0.25) is 4.98 Å². The van der Waals surface area contributed by atoms with E-state index < -0.39 is 0 Å². The van der Waals surface area contributed by atoms with Gasteiger partial charge in [-0.2, -0.15) is 0 Å². The molecule has 0 aliphatic heterocycles. The number of hydrogen-bond acceptors (Lipinski definition) is 2. The number of hydrogen-bond donors (Lipinski definition) is 1. The molecule has 98 valence electrons. The van der Waals surface area contributed by atoms with Crippen molar-refractivity contribution in [2.24, 2.45) is 0 Å². The van der Waals surface area contributed by atoms with E-state index in [1.165, 1.54) is 18.4 Å². The molecular weight excluding hydrogens is 256 g/mol. The summed E-state index contributed by atoms with van der Waals surface area (Å²) in [7, 11) is 0. The number of nitrogens with zero attached hydrogens (tertiary/aromatic N) is 1. The van der Waals surface area contributed by atoms with Gasteiger partial charge < -0.3 is 5.32 Å². The highest BCUT2D eigenvalue weighted by atomic mass is 35.5. The molecule has 19 heavy (non-hydrogen) atoms. The Morgan fingerprint density at radius 3 is 2.47 bits per heavy atom. The highest BCUT2D eigenvalue weighted by Gasteiger charge is 2.30. The summed E-state index contributed by atoms with van der Waals surface area (Å²) in [5.41, 5.74) is 3.56. The van der Waals surface area contributed by atoms with E-state index in [0.717, 1.165) is 16.4 Å². The second-order valence-electron chi connectivity index (χ2n) is 5.25. The molecule has 1 aliphatic rings. The van der Waals surface area contributed by atoms with Gasteiger partial charge >= 0.3 is 0 Å². The van der Waals surface area contributed by atoms with Crippen LogP contribution < -0.4 is 5.32 Å². The normalized spacial score (nSPS) is 21.8. The first-order chi connectivity index (χ1) is 9.20. The van der Waals surface area contributed by atoms with Gasteiger partial charge in [0.25, 0.3) is 0 Å². The zero-order chi connectivity index (χ0) is 13.2. The third-order valence-corrected chi connectivity index (χ3v) is 4.01. The third kappa shape index (κ3) is 2.90. The van der Waals surface area contributed by atoms with Crippen molar-refractivity contribution >= 4 is 17.3 Å². The van der Waals surface area contributed by atoms with E-state index in [1.54, 1.807) is 0 Å². The Hall–Kier alpha value is -1.54. The van der Waals surface area contributed by atoms with Crippen molar-refractivity contribution in [3.05, 3.63) is 58.9 Å². The zero-order valence-electron chi connectivity index (χ0n) is 10.9. The van der Waals surface area contributed by atoms with Gasteiger partial charge in [0.1, 0.15) is 0 Å². The molecule has 1 aromatic heterocycles. The molecule has 0 spiro atoms. The fraction of sp³-hybridized carbons (Fsp3) is 0.312. The minimum Gasteiger partial charge on any atom is -0.381 e. The summed E-state index contributed by atoms with van der Waals surface area (Å²) in [6, 6.07) is 12.9. The topological polar surface area (TPSA) is 24.9 Å². The Kier molecular flexibility index (Phi) is 3.43. The van der Waals surface area contributed by atoms with Crippen molar-refractivity contribution in [3.63, 3.8) is 0 Å². The summed E-state index contributed by atoms with van der Waals surface area (Å²) < 4.78 is 0. The lowest BCUT2D eigenvalue weighted by Gasteiger charge is -2.36. The van der Waals surface area contributed by atoms with Crippen LogP contribution in [0.2, 0.25) is 5.02 Å². The predicted octanol–water partition coefficient (Wildman–Crippen LogP) is 4.40. The van der Waals surface area contributed by atoms with Crippen molar-refractivity contribution in [2.45, 2.75) is 31.7 Å². The molecule has 1 N–H and O–H groups in total. The van der Waals surface area contributed by atoms with Crippen LogP contribution in [0.15, 0.2) is 42.6 Å². The van der Waals surface area contributed by atoms with Gasteiger partial charge in [-0.05, 0) is 55.5 Å². The van der Waals surface area contributed by atoms with E-state index in [9.17, 15) is 0 Å². The van der Waals surface area contributed by atoms with Crippen LogP contribution in [0.1, 0.15) is 30.0 Å². The van der Waals surface area contributed by atoms with Crippen molar-refractivity contribution in [1.29, 1.82) is 0 Å². The summed E-state index contributed by atoms with van der Waals surface area (Å²) in [4.78, 5) is 4.30. The maximum atomic E-state index is 5.91. The van der Waals surface area contributed by atoms with E-state index in [-0.39, 0.29) is 0 Å². The molecule has 2 aromatic rings. The SMILES string of the molecule is Cc1ccc(NC2CC(c3ccc(Cl)cc3)C2)cn1. The first-order valence-electron chi connectivity index (χ1n) is 6.65. The fourth-order valence-corrected chi connectivity index (χ4v) is 2.66. The van der Waals surface area contributed by atoms with Crippen LogP contribution in [0.5, 0.6) is 0 Å². The molecule has 0 atom stereocenters. The van der Waals surface area contributed by atoms with Crippen molar-refractivity contribution in [1.82, 2.24) is 4.98 Å². The van der Waals surface area contributed by atoms with Crippen LogP contribution in [0.4, 0.5) is 5.69 Å². The number of halogens is 1. The quantitative estimate of drug-likeness (QED) is 0.896. The fourth-order valence-electron chi connectivity index (χ4n) is 2.53. The Morgan fingerprint density at radius 1 is 1.11 bits per heavy atom. The molecule has 2 nitrogen and oxygen atoms in total. The molecule has 0 bridgehead atoms. The number of pyridine rings is 1. The molecule has 0 unspecified atom stereocenters. The van der Waals surface area contributed by atoms with Gasteiger partial charge in [-0.25, -0.2) is 0 Å². The first-order valence-corrected chi connectivity index (χ1v) is 7.03. The standard InChI is InChI=1S/C16H17ClN2/c1-11-2-7-15(10-18-11)19-16-8-13(9-16)12-3-5-14(17)6-4-12/h2-7,10,13,16,19H,8-9H2,1H3. The van der Waals surface area contributed by atoms with Gasteiger partial charge in [-0.1, -0.05) is 23.7 Å². The lowest BCUT2D eigenvalue weighted by atomic mass is 9.76. The summed E-state index contributed by atoms with van der Waals surface area (Å²) in [5, 5.41) is 4.34. The molecule has 1 fully saturated rings. The minimum absolute atomic E-state index is 0.560. The molecular formula is C16H17ClN2. The highest BCUT2D eigenvalue weighted by Crippen LogP contribution is 2.38. The predicted molar refractivity (Wildman–Crippen MR) is 79.8 cm³/mol. The second-order valence-corrected chi connectivity index (χ2v) is 5.69. The summed E-state index contributed by atoms with van der Waals surface area (Å²) >= 11 is 5.91. The number of anilines is 1. The van der Waals surface area contributed by atoms with Gasteiger partial charge in [-0.15, -0.1) is 0 Å². The summed E-state index contributed by atoms with van der Waals surface area (Å²) in [6.45, 7) is 2.00. The molecule has 0 saturated heterocycles. The molecule has 0 radical (unpaired) electrons. The molecule has 0 amide bonds. The second kappa shape index (κ2) is 5.22. The average Bonchev–Trinajstić information content (AvgIpc) is 2.37. The Labute approximate surface area is 118 Å². The largest absolute Gasteiger partial charge is 0.381 e. The molecule has 1 heterocycles. The summed E-state index contributed by atoms with van der Waals surface area (Å²) in [6.07, 6.45) is 4.26. The molecule has 1 saturated carbocycles. The van der Waals surface area contributed by atoms with Crippen molar-refractivity contribution in [2.75, 3.05) is 5.32 Å². The van der Waals surface area contributed by atoms with E-state index >= 15 is 0 Å². The molecule has 3 rings (SSSR count). The van der Waals surface area contributed by atoms with Gasteiger partial charge in [0.15, 0.2) is 0 Å². The van der Waals surface area contributed by atoms with Crippen LogP contribution in [-0.4, -0.2) is 11.0 Å². The van der Waals surface area contributed by atoms with E-state index in [1.807, 2.05) is 31.3 Å². The number of rotatable bonds is 3. The van der Waals surface area contributed by atoms with Crippen LogP contribution in [-0.2, 0) is 0 Å². The van der Waals surface area contributed by atoms with Crippen molar-refractivity contribution in [3.8, 4) is 0 Å². The van der Waals surface area contributed by atoms with Crippen LogP contribution in [0.25, 0.3) is 0 Å². The van der Waals surface area contributed by atoms with Crippen LogP contribution in [0, 0.1) is 6.92 Å². The molecule has 3 heteroatoms. The lowest BCUT2D eigenvalue weighted by molar-refractivity contribution is 0.374. The van der Waals surface area contributed by atoms with Crippen LogP contribution in [0.3, 0.4) is 0 Å². The van der Waals surface area contributed by atoms with Gasteiger partial charge in [0.05, 0.1) is 11.9 Å². The van der Waals surface area contributed by atoms with Gasteiger partial charge in [0, 0.05) is 16.8 Å². The van der Waals surface area contributed by atoms with E-state index in [0.29, 0.717) is 12.0 Å². The number of aromatic nitrogens is 1. The molecule has 1 aliphatic carbocycles. The lowest BCUT2D eigenvalue weighted by Crippen LogP contribution is -2.34.